The second-order valence-corrected chi connectivity index (χ2v) is 5.61. The van der Waals surface area contributed by atoms with Gasteiger partial charge in [0.2, 0.25) is 0 Å². The Morgan fingerprint density at radius 2 is 2.24 bits per heavy atom. The van der Waals surface area contributed by atoms with Gasteiger partial charge in [-0.2, -0.15) is 0 Å². The molecular formula is C17H26N2O2. The normalized spacial score (nSPS) is 19.1. The number of nitrogens with zero attached hydrogens (tertiary/aromatic N) is 1. The largest absolute Gasteiger partial charge is 0.494 e. The molecule has 21 heavy (non-hydrogen) atoms. The zero-order valence-corrected chi connectivity index (χ0v) is 12.9. The third-order valence-corrected chi connectivity index (χ3v) is 3.96. The molecule has 2 rings (SSSR count). The van der Waals surface area contributed by atoms with Crippen LogP contribution in [0.1, 0.15) is 49.4 Å². The molecule has 1 saturated heterocycles. The number of carbonyl (C=O) groups excluding carboxylic acids is 1. The van der Waals surface area contributed by atoms with Crippen molar-refractivity contribution in [3.8, 4) is 5.75 Å². The highest BCUT2D eigenvalue weighted by Crippen LogP contribution is 2.21. The summed E-state index contributed by atoms with van der Waals surface area (Å²) in [6.07, 6.45) is 5.37. The Morgan fingerprint density at radius 1 is 1.38 bits per heavy atom. The summed E-state index contributed by atoms with van der Waals surface area (Å²) in [4.78, 5) is 14.7. The van der Waals surface area contributed by atoms with Gasteiger partial charge in [-0.05, 0) is 37.5 Å². The third-order valence-electron chi connectivity index (χ3n) is 3.96. The van der Waals surface area contributed by atoms with Gasteiger partial charge in [0, 0.05) is 24.7 Å². The highest BCUT2D eigenvalue weighted by Gasteiger charge is 2.25. The van der Waals surface area contributed by atoms with Crippen LogP contribution in [0.5, 0.6) is 5.75 Å². The molecule has 1 aliphatic rings. The van der Waals surface area contributed by atoms with Crippen LogP contribution < -0.4 is 10.5 Å². The Hall–Kier alpha value is -1.55. The monoisotopic (exact) mass is 290 g/mol. The summed E-state index contributed by atoms with van der Waals surface area (Å²) in [5.41, 5.74) is 6.55. The minimum atomic E-state index is 0.0781. The fourth-order valence-corrected chi connectivity index (χ4v) is 2.79. The molecule has 0 spiro atoms. The van der Waals surface area contributed by atoms with E-state index in [4.69, 9.17) is 10.5 Å². The van der Waals surface area contributed by atoms with Crippen LogP contribution in [0.25, 0.3) is 0 Å². The average Bonchev–Trinajstić information content (AvgIpc) is 2.77. The molecule has 1 atom stereocenters. The van der Waals surface area contributed by atoms with Crippen LogP contribution in [0.2, 0.25) is 0 Å². The number of carbonyl (C=O) groups is 1. The lowest BCUT2D eigenvalue weighted by Crippen LogP contribution is -2.44. The highest BCUT2D eigenvalue weighted by atomic mass is 16.5. The van der Waals surface area contributed by atoms with Crippen molar-refractivity contribution in [3.05, 3.63) is 29.8 Å². The lowest BCUT2D eigenvalue weighted by molar-refractivity contribution is 0.0688. The average molecular weight is 290 g/mol. The maximum Gasteiger partial charge on any atom is 0.254 e. The van der Waals surface area contributed by atoms with Crippen LogP contribution in [-0.2, 0) is 0 Å². The summed E-state index contributed by atoms with van der Waals surface area (Å²) < 4.78 is 5.62. The Balaban J connectivity index is 2.13. The van der Waals surface area contributed by atoms with Gasteiger partial charge in [-0.15, -0.1) is 0 Å². The smallest absolute Gasteiger partial charge is 0.254 e. The van der Waals surface area contributed by atoms with E-state index in [0.29, 0.717) is 18.7 Å². The second-order valence-electron chi connectivity index (χ2n) is 5.61. The van der Waals surface area contributed by atoms with Gasteiger partial charge in [-0.25, -0.2) is 0 Å². The first kappa shape index (κ1) is 15.8. The van der Waals surface area contributed by atoms with Crippen LogP contribution in [0, 0.1) is 0 Å². The minimum Gasteiger partial charge on any atom is -0.494 e. The van der Waals surface area contributed by atoms with Gasteiger partial charge >= 0.3 is 0 Å². The van der Waals surface area contributed by atoms with Gasteiger partial charge in [-0.1, -0.05) is 25.8 Å². The lowest BCUT2D eigenvalue weighted by Gasteiger charge is -2.29. The number of hydrogen-bond acceptors (Lipinski definition) is 3. The van der Waals surface area contributed by atoms with Gasteiger partial charge in [0.05, 0.1) is 6.61 Å². The van der Waals surface area contributed by atoms with Gasteiger partial charge in [0.1, 0.15) is 5.75 Å². The van der Waals surface area contributed by atoms with Crippen LogP contribution in [-0.4, -0.2) is 36.5 Å². The van der Waals surface area contributed by atoms with Crippen LogP contribution in [0.4, 0.5) is 0 Å². The van der Waals surface area contributed by atoms with E-state index < -0.39 is 0 Å². The zero-order chi connectivity index (χ0) is 15.1. The zero-order valence-electron chi connectivity index (χ0n) is 12.9. The number of rotatable bonds is 5. The molecule has 0 aromatic heterocycles. The van der Waals surface area contributed by atoms with Crippen LogP contribution in [0.15, 0.2) is 24.3 Å². The summed E-state index contributed by atoms with van der Waals surface area (Å²) in [7, 11) is 0. The van der Waals surface area contributed by atoms with E-state index in [9.17, 15) is 4.79 Å². The maximum absolute atomic E-state index is 12.8. The fraction of sp³-hybridized carbons (Fsp3) is 0.588. The Kier molecular flexibility index (Phi) is 6.05. The lowest BCUT2D eigenvalue weighted by atomic mass is 10.1. The van der Waals surface area contributed by atoms with Gasteiger partial charge in [0.25, 0.3) is 5.91 Å². The number of likely N-dealkylation sites (tertiary alicyclic amines) is 1. The molecule has 1 aromatic rings. The third kappa shape index (κ3) is 4.21. The minimum absolute atomic E-state index is 0.0781. The SMILES string of the molecule is CCCOc1cccc(C(=O)N2CCCCCC2CN)c1. The summed E-state index contributed by atoms with van der Waals surface area (Å²) in [6, 6.07) is 7.65. The molecule has 1 heterocycles. The van der Waals surface area contributed by atoms with E-state index >= 15 is 0 Å². The van der Waals surface area contributed by atoms with Crippen molar-refractivity contribution in [1.29, 1.82) is 0 Å². The van der Waals surface area contributed by atoms with Crippen molar-refractivity contribution in [1.82, 2.24) is 4.90 Å². The van der Waals surface area contributed by atoms with E-state index in [1.165, 1.54) is 6.42 Å². The number of hydrogen-bond donors (Lipinski definition) is 1. The van der Waals surface area contributed by atoms with Crippen LogP contribution in [0.3, 0.4) is 0 Å². The Labute approximate surface area is 127 Å². The van der Waals surface area contributed by atoms with E-state index in [-0.39, 0.29) is 11.9 Å². The van der Waals surface area contributed by atoms with Crippen molar-refractivity contribution in [2.75, 3.05) is 19.7 Å². The molecule has 0 radical (unpaired) electrons. The predicted molar refractivity (Wildman–Crippen MR) is 84.6 cm³/mol. The summed E-state index contributed by atoms with van der Waals surface area (Å²) in [5.74, 6) is 0.844. The summed E-state index contributed by atoms with van der Waals surface area (Å²) in [6.45, 7) is 4.09. The molecule has 1 aromatic carbocycles. The molecule has 0 bridgehead atoms. The number of benzene rings is 1. The molecular weight excluding hydrogens is 264 g/mol. The maximum atomic E-state index is 12.8. The van der Waals surface area contributed by atoms with Crippen molar-refractivity contribution < 1.29 is 9.53 Å². The number of nitrogens with two attached hydrogens (primary N) is 1. The van der Waals surface area contributed by atoms with Crippen molar-refractivity contribution in [3.63, 3.8) is 0 Å². The first-order valence-electron chi connectivity index (χ1n) is 8.00. The highest BCUT2D eigenvalue weighted by molar-refractivity contribution is 5.94. The molecule has 116 valence electrons. The standard InChI is InChI=1S/C17H26N2O2/c1-2-11-21-16-9-6-7-14(12-16)17(20)19-10-5-3-4-8-15(19)13-18/h6-7,9,12,15H,2-5,8,10-11,13,18H2,1H3. The van der Waals surface area contributed by atoms with Gasteiger partial charge in [-0.3, -0.25) is 4.79 Å². The molecule has 0 aliphatic carbocycles. The molecule has 1 fully saturated rings. The van der Waals surface area contributed by atoms with E-state index in [1.54, 1.807) is 0 Å². The predicted octanol–water partition coefficient (Wildman–Crippen LogP) is 2.82. The van der Waals surface area contributed by atoms with E-state index in [0.717, 1.165) is 38.0 Å². The molecule has 1 amide bonds. The summed E-state index contributed by atoms with van der Waals surface area (Å²) >= 11 is 0. The van der Waals surface area contributed by atoms with Gasteiger partial charge in [0.15, 0.2) is 0 Å². The van der Waals surface area contributed by atoms with Crippen LogP contribution >= 0.6 is 0 Å². The Bertz CT molecular complexity index is 462. The molecule has 1 aliphatic heterocycles. The first-order chi connectivity index (χ1) is 10.3. The number of amides is 1. The fourth-order valence-electron chi connectivity index (χ4n) is 2.79. The van der Waals surface area contributed by atoms with Crippen molar-refractivity contribution in [2.24, 2.45) is 5.73 Å². The molecule has 4 nitrogen and oxygen atoms in total. The van der Waals surface area contributed by atoms with E-state index in [1.807, 2.05) is 29.2 Å². The molecule has 1 unspecified atom stereocenters. The second kappa shape index (κ2) is 8.03. The first-order valence-corrected chi connectivity index (χ1v) is 8.00. The van der Waals surface area contributed by atoms with Gasteiger partial charge < -0.3 is 15.4 Å². The quantitative estimate of drug-likeness (QED) is 0.907. The van der Waals surface area contributed by atoms with Crippen molar-refractivity contribution >= 4 is 5.91 Å². The topological polar surface area (TPSA) is 55.6 Å². The molecule has 4 heteroatoms. The molecule has 2 N–H and O–H groups in total. The Morgan fingerprint density at radius 3 is 3.00 bits per heavy atom. The van der Waals surface area contributed by atoms with E-state index in [2.05, 4.69) is 6.92 Å². The number of ether oxygens (including phenoxy) is 1. The summed E-state index contributed by atoms with van der Waals surface area (Å²) in [5, 5.41) is 0. The molecule has 0 saturated carbocycles. The van der Waals surface area contributed by atoms with Crippen molar-refractivity contribution in [2.45, 2.75) is 45.1 Å².